The van der Waals surface area contributed by atoms with Crippen molar-refractivity contribution in [2.45, 2.75) is 40.5 Å². The summed E-state index contributed by atoms with van der Waals surface area (Å²) in [6.45, 7) is 8.84. The van der Waals surface area contributed by atoms with Crippen molar-refractivity contribution in [3.05, 3.63) is 43.8 Å². The van der Waals surface area contributed by atoms with Gasteiger partial charge in [-0.15, -0.1) is 0 Å². The molecule has 1 rings (SSSR count). The summed E-state index contributed by atoms with van der Waals surface area (Å²) < 4.78 is 3.29. The zero-order chi connectivity index (χ0) is 11.3. The van der Waals surface area contributed by atoms with Crippen molar-refractivity contribution in [2.24, 2.45) is 0 Å². The molecule has 1 aliphatic carbocycles. The van der Waals surface area contributed by atoms with Crippen LogP contribution in [0.25, 0.3) is 0 Å². The Morgan fingerprint density at radius 1 is 1.47 bits per heavy atom. The van der Waals surface area contributed by atoms with E-state index in [0.29, 0.717) is 17.1 Å². The fraction of sp³-hybridized carbons (Fsp3) is 0.429. The molecule has 0 spiro atoms. The van der Waals surface area contributed by atoms with Crippen LogP contribution in [0.1, 0.15) is 40.5 Å². The molecular formula is C14H20Ru. The van der Waals surface area contributed by atoms with Crippen molar-refractivity contribution >= 4 is 0 Å². The third-order valence-corrected chi connectivity index (χ3v) is 5.30. The predicted molar refractivity (Wildman–Crippen MR) is 64.3 cm³/mol. The molecule has 0 unspecified atom stereocenters. The zero-order valence-electron chi connectivity index (χ0n) is 10.1. The molecule has 0 atom stereocenters. The quantitative estimate of drug-likeness (QED) is 0.525. The van der Waals surface area contributed by atoms with Gasteiger partial charge in [0, 0.05) is 0 Å². The Kier molecular flexibility index (Phi) is 5.25. The minimum absolute atomic E-state index is 0.294. The first kappa shape index (κ1) is 12.7. The van der Waals surface area contributed by atoms with Gasteiger partial charge in [0.15, 0.2) is 0 Å². The van der Waals surface area contributed by atoms with Crippen LogP contribution in [0.4, 0.5) is 0 Å². The molecule has 0 aromatic rings. The monoisotopic (exact) mass is 290 g/mol. The molecule has 0 N–H and O–H groups in total. The van der Waals surface area contributed by atoms with Gasteiger partial charge in [0.05, 0.1) is 0 Å². The Bertz CT molecular complexity index is 340. The second kappa shape index (κ2) is 6.23. The molecule has 0 saturated carbocycles. The SMILES string of the molecule is CC=CC(C)=[C](C)[Ru][C]1=C(CC)C=CC1. The molecule has 0 heterocycles. The summed E-state index contributed by atoms with van der Waals surface area (Å²) in [5.41, 5.74) is 3.03. The predicted octanol–water partition coefficient (Wildman–Crippen LogP) is 4.56. The van der Waals surface area contributed by atoms with Gasteiger partial charge in [0.1, 0.15) is 0 Å². The number of allylic oxidation sites excluding steroid dienone is 8. The molecule has 15 heavy (non-hydrogen) atoms. The first-order chi connectivity index (χ1) is 7.19. The summed E-state index contributed by atoms with van der Waals surface area (Å²) in [5, 5.41) is 0. The van der Waals surface area contributed by atoms with E-state index in [2.05, 4.69) is 52.0 Å². The summed E-state index contributed by atoms with van der Waals surface area (Å²) in [6, 6.07) is 0. The van der Waals surface area contributed by atoms with E-state index >= 15 is 0 Å². The van der Waals surface area contributed by atoms with Crippen molar-refractivity contribution in [1.82, 2.24) is 0 Å². The normalized spacial score (nSPS) is 18.1. The average molecular weight is 289 g/mol. The molecule has 1 aliphatic rings. The van der Waals surface area contributed by atoms with Crippen LogP contribution in [0.3, 0.4) is 0 Å². The molecule has 0 nitrogen and oxygen atoms in total. The van der Waals surface area contributed by atoms with E-state index in [-0.39, 0.29) is 0 Å². The fourth-order valence-corrected chi connectivity index (χ4v) is 3.90. The first-order valence-electron chi connectivity index (χ1n) is 5.50. The van der Waals surface area contributed by atoms with Crippen LogP contribution in [0.5, 0.6) is 0 Å². The van der Waals surface area contributed by atoms with Crippen LogP contribution in [0.2, 0.25) is 0 Å². The van der Waals surface area contributed by atoms with Gasteiger partial charge in [-0.25, -0.2) is 0 Å². The van der Waals surface area contributed by atoms with Crippen molar-refractivity contribution in [3.8, 4) is 0 Å². The Balaban J connectivity index is 2.75. The molecule has 0 aliphatic heterocycles. The molecule has 0 bridgehead atoms. The van der Waals surface area contributed by atoms with Gasteiger partial charge in [0.2, 0.25) is 0 Å². The van der Waals surface area contributed by atoms with Gasteiger partial charge in [-0.1, -0.05) is 0 Å². The van der Waals surface area contributed by atoms with Crippen LogP contribution >= 0.6 is 0 Å². The summed E-state index contributed by atoms with van der Waals surface area (Å²) in [7, 11) is 0. The van der Waals surface area contributed by atoms with Gasteiger partial charge in [-0.3, -0.25) is 0 Å². The molecule has 0 fully saturated rings. The third kappa shape index (κ3) is 3.57. The van der Waals surface area contributed by atoms with Crippen molar-refractivity contribution in [1.29, 1.82) is 0 Å². The van der Waals surface area contributed by atoms with E-state index in [9.17, 15) is 0 Å². The maximum atomic E-state index is 2.31. The van der Waals surface area contributed by atoms with Crippen LogP contribution in [-0.4, -0.2) is 0 Å². The standard InChI is InChI=1S/C7H9.C7H11.Ru/c1-2-7-5-3-4-6-7;1-4-6-7(3)5-2;/h3,5H,2,4H2,1H3;4,6H,1-3H3;. The summed E-state index contributed by atoms with van der Waals surface area (Å²) >= 11 is 0.294. The minimum atomic E-state index is 0.294. The Morgan fingerprint density at radius 3 is 2.80 bits per heavy atom. The van der Waals surface area contributed by atoms with E-state index < -0.39 is 0 Å². The molecule has 0 amide bonds. The van der Waals surface area contributed by atoms with Gasteiger partial charge in [-0.2, -0.15) is 0 Å². The number of hydrogen-bond donors (Lipinski definition) is 0. The molecule has 84 valence electrons. The summed E-state index contributed by atoms with van der Waals surface area (Å²) in [4.78, 5) is 0. The van der Waals surface area contributed by atoms with Gasteiger partial charge in [-0.05, 0) is 0 Å². The van der Waals surface area contributed by atoms with E-state index in [1.54, 1.807) is 13.9 Å². The Labute approximate surface area is 101 Å². The second-order valence-corrected chi connectivity index (χ2v) is 6.45. The van der Waals surface area contributed by atoms with Crippen LogP contribution in [-0.2, 0) is 17.1 Å². The first-order valence-corrected chi connectivity index (χ1v) is 7.24. The van der Waals surface area contributed by atoms with Gasteiger partial charge >= 0.3 is 101 Å². The Hall–Kier alpha value is -0.417. The van der Waals surface area contributed by atoms with E-state index in [1.807, 2.05) is 0 Å². The van der Waals surface area contributed by atoms with Crippen molar-refractivity contribution < 1.29 is 17.1 Å². The number of rotatable bonds is 4. The molecule has 0 radical (unpaired) electrons. The van der Waals surface area contributed by atoms with Gasteiger partial charge < -0.3 is 0 Å². The van der Waals surface area contributed by atoms with Crippen LogP contribution in [0.15, 0.2) is 43.8 Å². The molecule has 1 heteroatoms. The average Bonchev–Trinajstić information content (AvgIpc) is 2.65. The zero-order valence-corrected chi connectivity index (χ0v) is 11.8. The van der Waals surface area contributed by atoms with Crippen LogP contribution in [0, 0.1) is 0 Å². The molecule has 0 saturated heterocycles. The van der Waals surface area contributed by atoms with Crippen molar-refractivity contribution in [3.63, 3.8) is 0 Å². The topological polar surface area (TPSA) is 0 Å². The number of hydrogen-bond acceptors (Lipinski definition) is 0. The Morgan fingerprint density at radius 2 is 2.20 bits per heavy atom. The molecule has 0 aromatic carbocycles. The maximum absolute atomic E-state index is 2.31. The molecule has 0 aromatic heterocycles. The van der Waals surface area contributed by atoms with E-state index in [4.69, 9.17) is 0 Å². The second-order valence-electron chi connectivity index (χ2n) is 3.66. The fourth-order valence-electron chi connectivity index (χ4n) is 1.51. The summed E-state index contributed by atoms with van der Waals surface area (Å²) in [6.07, 6.45) is 11.3. The van der Waals surface area contributed by atoms with Crippen LogP contribution < -0.4 is 0 Å². The van der Waals surface area contributed by atoms with Gasteiger partial charge in [0.25, 0.3) is 0 Å². The van der Waals surface area contributed by atoms with Crippen molar-refractivity contribution in [2.75, 3.05) is 0 Å². The van der Waals surface area contributed by atoms with E-state index in [0.717, 1.165) is 0 Å². The molecular weight excluding hydrogens is 269 g/mol. The third-order valence-electron chi connectivity index (χ3n) is 2.52. The summed E-state index contributed by atoms with van der Waals surface area (Å²) in [5.74, 6) is 0. The van der Waals surface area contributed by atoms with E-state index in [1.165, 1.54) is 18.4 Å².